The number of carbonyl (C=O) groups excluding carboxylic acids is 1. The summed E-state index contributed by atoms with van der Waals surface area (Å²) in [6.07, 6.45) is 1.40. The number of alkyl halides is 3. The molecule has 0 N–H and O–H groups in total. The quantitative estimate of drug-likeness (QED) is 0.502. The van der Waals surface area contributed by atoms with Gasteiger partial charge in [-0.3, -0.25) is 9.78 Å². The third-order valence-electron chi connectivity index (χ3n) is 8.02. The highest BCUT2D eigenvalue weighted by Gasteiger charge is 2.37. The van der Waals surface area contributed by atoms with Crippen LogP contribution in [0.1, 0.15) is 35.2 Å². The number of likely N-dealkylation sites (N-methyl/N-ethyl adjacent to an activating group) is 1. The van der Waals surface area contributed by atoms with Crippen LogP contribution in [0, 0.1) is 11.3 Å². The van der Waals surface area contributed by atoms with Crippen LogP contribution in [-0.2, 0) is 23.9 Å². The molecule has 212 valence electrons. The molecule has 12 heteroatoms. The van der Waals surface area contributed by atoms with Crippen LogP contribution >= 0.6 is 0 Å². The van der Waals surface area contributed by atoms with Gasteiger partial charge in [0, 0.05) is 56.7 Å². The van der Waals surface area contributed by atoms with Gasteiger partial charge in [-0.2, -0.15) is 18.4 Å². The van der Waals surface area contributed by atoms with Crippen molar-refractivity contribution in [3.63, 3.8) is 0 Å². The molecule has 9 nitrogen and oxygen atoms in total. The van der Waals surface area contributed by atoms with Gasteiger partial charge in [0.15, 0.2) is 0 Å². The van der Waals surface area contributed by atoms with E-state index in [2.05, 4.69) is 27.4 Å². The van der Waals surface area contributed by atoms with Crippen molar-refractivity contribution in [2.24, 2.45) is 0 Å². The number of likely N-dealkylation sites (tertiary alicyclic amines) is 1. The summed E-state index contributed by atoms with van der Waals surface area (Å²) < 4.78 is 47.5. The Morgan fingerprint density at radius 1 is 1.23 bits per heavy atom. The highest BCUT2D eigenvalue weighted by Crippen LogP contribution is 2.41. The van der Waals surface area contributed by atoms with Gasteiger partial charge in [-0.15, -0.1) is 0 Å². The smallest absolute Gasteiger partial charge is 0.419 e. The van der Waals surface area contributed by atoms with Gasteiger partial charge >= 0.3 is 6.18 Å². The molecule has 3 aliphatic rings. The van der Waals surface area contributed by atoms with Crippen molar-refractivity contribution in [3.8, 4) is 11.9 Å². The number of amides is 1. The van der Waals surface area contributed by atoms with Crippen molar-refractivity contribution in [3.05, 3.63) is 53.5 Å². The summed E-state index contributed by atoms with van der Waals surface area (Å²) in [5.74, 6) is 0.0591. The second-order valence-corrected chi connectivity index (χ2v) is 10.3. The first-order valence-corrected chi connectivity index (χ1v) is 13.4. The van der Waals surface area contributed by atoms with Gasteiger partial charge in [0.25, 0.3) is 0 Å². The predicted octanol–water partition coefficient (Wildman–Crippen LogP) is 3.24. The average Bonchev–Trinajstić information content (AvgIpc) is 3.38. The van der Waals surface area contributed by atoms with Gasteiger partial charge < -0.3 is 24.3 Å². The molecule has 5 heterocycles. The molecule has 1 amide bonds. The van der Waals surface area contributed by atoms with Crippen molar-refractivity contribution in [1.82, 2.24) is 19.8 Å². The Bertz CT molecular complexity index is 1320. The largest absolute Gasteiger partial charge is 0.475 e. The number of ether oxygens (including phenoxy) is 1. The van der Waals surface area contributed by atoms with E-state index in [-0.39, 0.29) is 30.1 Å². The maximum absolute atomic E-state index is 13.8. The Morgan fingerprint density at radius 3 is 2.65 bits per heavy atom. The Morgan fingerprint density at radius 2 is 2.00 bits per heavy atom. The first-order valence-electron chi connectivity index (χ1n) is 13.4. The summed E-state index contributed by atoms with van der Waals surface area (Å²) in [5.41, 5.74) is 1.71. The number of hydrogen-bond donors (Lipinski definition) is 0. The molecule has 2 saturated heterocycles. The Balaban J connectivity index is 1.51. The molecule has 0 aliphatic carbocycles. The van der Waals surface area contributed by atoms with E-state index < -0.39 is 11.7 Å². The summed E-state index contributed by atoms with van der Waals surface area (Å²) in [4.78, 5) is 28.2. The molecule has 2 aromatic rings. The number of pyridine rings is 2. The van der Waals surface area contributed by atoms with Crippen molar-refractivity contribution in [2.75, 3.05) is 62.7 Å². The minimum Gasteiger partial charge on any atom is -0.475 e. The van der Waals surface area contributed by atoms with Crippen LogP contribution in [0.4, 0.5) is 24.5 Å². The molecule has 5 rings (SSSR count). The molecule has 2 fully saturated rings. The molecule has 0 radical (unpaired) electrons. The van der Waals surface area contributed by atoms with Gasteiger partial charge in [-0.25, -0.2) is 4.98 Å². The van der Waals surface area contributed by atoms with Gasteiger partial charge in [-0.05, 0) is 45.0 Å². The second kappa shape index (κ2) is 11.3. The Labute approximate surface area is 231 Å². The normalized spacial score (nSPS) is 19.8. The maximum atomic E-state index is 13.8. The lowest BCUT2D eigenvalue weighted by Crippen LogP contribution is -2.49. The fourth-order valence-electron chi connectivity index (χ4n) is 5.82. The number of fused-ring (bicyclic) bond motifs is 1. The second-order valence-electron chi connectivity index (χ2n) is 10.3. The summed E-state index contributed by atoms with van der Waals surface area (Å²) in [7, 11) is 2.03. The van der Waals surface area contributed by atoms with Crippen molar-refractivity contribution in [1.29, 1.82) is 5.26 Å². The molecule has 1 atom stereocenters. The molecule has 1 unspecified atom stereocenters. The van der Waals surface area contributed by atoms with Gasteiger partial charge in [-0.1, -0.05) is 6.58 Å². The van der Waals surface area contributed by atoms with Gasteiger partial charge in [0.2, 0.25) is 11.8 Å². The predicted molar refractivity (Wildman–Crippen MR) is 143 cm³/mol. The lowest BCUT2D eigenvalue weighted by molar-refractivity contribution is -0.137. The molecular weight excluding hydrogens is 523 g/mol. The molecule has 3 aliphatic heterocycles. The third kappa shape index (κ3) is 5.43. The highest BCUT2D eigenvalue weighted by atomic mass is 19.4. The van der Waals surface area contributed by atoms with E-state index in [0.29, 0.717) is 62.7 Å². The van der Waals surface area contributed by atoms with Crippen molar-refractivity contribution < 1.29 is 22.7 Å². The lowest BCUT2D eigenvalue weighted by atomic mass is 9.97. The number of carbonyl (C=O) groups is 1. The van der Waals surface area contributed by atoms with E-state index in [4.69, 9.17) is 9.72 Å². The van der Waals surface area contributed by atoms with Crippen LogP contribution in [0.2, 0.25) is 0 Å². The van der Waals surface area contributed by atoms with Gasteiger partial charge in [0.05, 0.1) is 29.2 Å². The minimum absolute atomic E-state index is 0.0486. The summed E-state index contributed by atoms with van der Waals surface area (Å²) in [5, 5.41) is 10.3. The van der Waals surface area contributed by atoms with Crippen LogP contribution in [-0.4, -0.2) is 84.6 Å². The number of nitriles is 1. The maximum Gasteiger partial charge on any atom is 0.419 e. The van der Waals surface area contributed by atoms with E-state index in [1.807, 2.05) is 7.05 Å². The molecule has 0 aromatic carbocycles. The van der Waals surface area contributed by atoms with Crippen LogP contribution in [0.3, 0.4) is 0 Å². The van der Waals surface area contributed by atoms with E-state index in [1.165, 1.54) is 18.3 Å². The number of anilines is 2. The van der Waals surface area contributed by atoms with Crippen LogP contribution < -0.4 is 14.5 Å². The molecule has 0 bridgehead atoms. The summed E-state index contributed by atoms with van der Waals surface area (Å²) in [6.45, 7) is 7.29. The molecule has 0 spiro atoms. The monoisotopic (exact) mass is 555 g/mol. The lowest BCUT2D eigenvalue weighted by Gasteiger charge is -2.39. The fraction of sp³-hybridized carbons (Fsp3) is 0.500. The fourth-order valence-corrected chi connectivity index (χ4v) is 5.82. The number of aromatic nitrogens is 2. The first kappa shape index (κ1) is 27.7. The molecule has 40 heavy (non-hydrogen) atoms. The number of hydrogen-bond acceptors (Lipinski definition) is 8. The zero-order valence-electron chi connectivity index (χ0n) is 22.5. The molecule has 0 saturated carbocycles. The average molecular weight is 556 g/mol. The topological polar surface area (TPSA) is 88.8 Å². The standard InChI is InChI=1S/C28H32F3N7O2/c1-3-25(39)36-11-13-37(14-12-36)26-20-7-10-38(24-6-8-33-16-22(24)28(29,30)31)17-23(20)34-27(21(26)15-32)40-18-19-5-4-9-35(19)2/h3,6,8,16,19H,1,4-5,7,9-14,17-18H2,2H3. The minimum atomic E-state index is -4.54. The van der Waals surface area contributed by atoms with Crippen molar-refractivity contribution in [2.45, 2.75) is 38.0 Å². The van der Waals surface area contributed by atoms with Crippen LogP contribution in [0.15, 0.2) is 31.1 Å². The number of halogens is 3. The Hall–Kier alpha value is -3.85. The number of rotatable bonds is 6. The van der Waals surface area contributed by atoms with E-state index in [9.17, 15) is 23.2 Å². The van der Waals surface area contributed by atoms with Crippen molar-refractivity contribution >= 4 is 17.3 Å². The summed E-state index contributed by atoms with van der Waals surface area (Å²) in [6, 6.07) is 3.88. The first-order chi connectivity index (χ1) is 19.2. The third-order valence-corrected chi connectivity index (χ3v) is 8.02. The highest BCUT2D eigenvalue weighted by molar-refractivity contribution is 5.87. The Kier molecular flexibility index (Phi) is 7.85. The van der Waals surface area contributed by atoms with E-state index in [0.717, 1.165) is 31.1 Å². The SMILES string of the molecule is C=CC(=O)N1CCN(c2c(C#N)c(OCC3CCCN3C)nc3c2CCN(c2ccncc2C(F)(F)F)C3)CC1. The zero-order valence-corrected chi connectivity index (χ0v) is 22.5. The zero-order chi connectivity index (χ0) is 28.4. The molecule has 2 aromatic heterocycles. The van der Waals surface area contributed by atoms with E-state index in [1.54, 1.807) is 9.80 Å². The number of piperazine rings is 1. The number of nitrogens with zero attached hydrogens (tertiary/aromatic N) is 7. The van der Waals surface area contributed by atoms with Crippen LogP contribution in [0.5, 0.6) is 5.88 Å². The van der Waals surface area contributed by atoms with E-state index >= 15 is 0 Å². The van der Waals surface area contributed by atoms with Gasteiger partial charge in [0.1, 0.15) is 18.2 Å². The molecular formula is C28H32F3N7O2. The van der Waals surface area contributed by atoms with Crippen LogP contribution in [0.25, 0.3) is 0 Å². The summed E-state index contributed by atoms with van der Waals surface area (Å²) >= 11 is 0.